The van der Waals surface area contributed by atoms with Crippen molar-refractivity contribution < 1.29 is 69.0 Å². The van der Waals surface area contributed by atoms with Crippen LogP contribution < -0.4 is 0 Å². The van der Waals surface area contributed by atoms with Gasteiger partial charge in [-0.3, -0.25) is 0 Å². The molecular weight excluding hydrogens is 392 g/mol. The average Bonchev–Trinajstić information content (AvgIpc) is 2.67. The number of carbonyl (C=O) groups is 4. The van der Waals surface area contributed by atoms with E-state index in [2.05, 4.69) is 19.6 Å². The van der Waals surface area contributed by atoms with Gasteiger partial charge in [0.15, 0.2) is 0 Å². The van der Waals surface area contributed by atoms with Crippen LogP contribution in [0.25, 0.3) is 0 Å². The molecule has 0 spiro atoms. The molecule has 0 aromatic carbocycles. The van der Waals surface area contributed by atoms with Crippen molar-refractivity contribution in [3.8, 4) is 0 Å². The fourth-order valence-electron chi connectivity index (χ4n) is 2.18. The lowest BCUT2D eigenvalue weighted by atomic mass is 9.89. The van der Waals surface area contributed by atoms with Crippen LogP contribution in [0.4, 0.5) is 0 Å². The second-order valence-corrected chi connectivity index (χ2v) is 5.48. The standard InChI is InChI=1S/C14H14O14/c15-4-14(23)12(21)10(20)9(19)11(24-14)5-3-8(18)27-25-6(16)1-2-7(17)26-28-13(5)22/h1-3,9-12,15,19-21,23H,4H2/b2-1+,5-3+/t9-,10+,11?,12-,14-/m0/s1. The van der Waals surface area contributed by atoms with Crippen molar-refractivity contribution in [1.82, 2.24) is 0 Å². The van der Waals surface area contributed by atoms with Crippen molar-refractivity contribution >= 4 is 23.9 Å². The number of carbonyl (C=O) groups excluding carboxylic acids is 4. The van der Waals surface area contributed by atoms with Crippen molar-refractivity contribution in [2.45, 2.75) is 30.2 Å². The van der Waals surface area contributed by atoms with Gasteiger partial charge in [0.25, 0.3) is 0 Å². The molecule has 0 radical (unpaired) electrons. The minimum atomic E-state index is -2.86. The van der Waals surface area contributed by atoms with Gasteiger partial charge in [-0.2, -0.15) is 0 Å². The number of ether oxygens (including phenoxy) is 1. The zero-order valence-corrected chi connectivity index (χ0v) is 13.7. The minimum Gasteiger partial charge on any atom is -0.391 e. The van der Waals surface area contributed by atoms with Gasteiger partial charge in [-0.15, -0.1) is 0 Å². The van der Waals surface area contributed by atoms with Gasteiger partial charge in [-0.05, 0) is 0 Å². The smallest absolute Gasteiger partial charge is 0.385 e. The van der Waals surface area contributed by atoms with E-state index < -0.39 is 66.3 Å². The summed E-state index contributed by atoms with van der Waals surface area (Å²) in [6.07, 6.45) is -7.38. The SMILES string of the molecule is O=C1/C=C/C(=O)OOC(=O)/C(C2O[C@@](O)(CO)[C@@H](O)[C@H](O)[C@@H]2O)=C/C(=O)OO1. The van der Waals surface area contributed by atoms with Gasteiger partial charge < -0.3 is 30.3 Å². The highest BCUT2D eigenvalue weighted by atomic mass is 17.2. The predicted octanol–water partition coefficient (Wildman–Crippen LogP) is -4.35. The van der Waals surface area contributed by atoms with Crippen LogP contribution in [0.2, 0.25) is 0 Å². The van der Waals surface area contributed by atoms with Gasteiger partial charge in [0, 0.05) is 18.2 Å². The lowest BCUT2D eigenvalue weighted by Crippen LogP contribution is -2.66. The van der Waals surface area contributed by atoms with Crippen molar-refractivity contribution in [3.05, 3.63) is 23.8 Å². The number of hydrogen-bond acceptors (Lipinski definition) is 14. The maximum atomic E-state index is 12.1. The van der Waals surface area contributed by atoms with Gasteiger partial charge >= 0.3 is 23.9 Å². The Hall–Kier alpha value is -2.88. The Morgan fingerprint density at radius 3 is 1.96 bits per heavy atom. The van der Waals surface area contributed by atoms with E-state index in [0.29, 0.717) is 12.2 Å². The lowest BCUT2D eigenvalue weighted by molar-refractivity contribution is -0.348. The average molecular weight is 406 g/mol. The van der Waals surface area contributed by atoms with Crippen LogP contribution in [0.1, 0.15) is 0 Å². The topological polar surface area (TPSA) is 216 Å². The van der Waals surface area contributed by atoms with Crippen LogP contribution in [0.3, 0.4) is 0 Å². The van der Waals surface area contributed by atoms with E-state index in [0.717, 1.165) is 0 Å². The highest BCUT2D eigenvalue weighted by Crippen LogP contribution is 2.32. The van der Waals surface area contributed by atoms with E-state index in [1.165, 1.54) is 0 Å². The predicted molar refractivity (Wildman–Crippen MR) is 76.5 cm³/mol. The Labute approximate surface area is 154 Å². The molecule has 2 aliphatic heterocycles. The van der Waals surface area contributed by atoms with E-state index in [4.69, 9.17) is 4.74 Å². The van der Waals surface area contributed by atoms with Crippen molar-refractivity contribution in [1.29, 1.82) is 0 Å². The lowest BCUT2D eigenvalue weighted by Gasteiger charge is -2.45. The molecular formula is C14H14O14. The largest absolute Gasteiger partial charge is 0.391 e. The van der Waals surface area contributed by atoms with Crippen LogP contribution in [-0.2, 0) is 43.5 Å². The molecule has 5 N–H and O–H groups in total. The first-order valence-corrected chi connectivity index (χ1v) is 7.39. The quantitative estimate of drug-likeness (QED) is 0.274. The normalized spacial score (nSPS) is 37.8. The van der Waals surface area contributed by atoms with E-state index in [1.807, 2.05) is 0 Å². The van der Waals surface area contributed by atoms with Crippen LogP contribution in [0.5, 0.6) is 0 Å². The Bertz CT molecular complexity index is 726. The molecule has 2 aliphatic rings. The summed E-state index contributed by atoms with van der Waals surface area (Å²) in [5.41, 5.74) is -0.997. The van der Waals surface area contributed by atoms with E-state index >= 15 is 0 Å². The van der Waals surface area contributed by atoms with Crippen molar-refractivity contribution in [3.63, 3.8) is 0 Å². The van der Waals surface area contributed by atoms with Crippen LogP contribution >= 0.6 is 0 Å². The summed E-state index contributed by atoms with van der Waals surface area (Å²) >= 11 is 0. The fourth-order valence-corrected chi connectivity index (χ4v) is 2.18. The molecule has 0 aromatic heterocycles. The third kappa shape index (κ3) is 4.50. The van der Waals surface area contributed by atoms with E-state index in [9.17, 15) is 44.7 Å². The molecule has 14 heteroatoms. The summed E-state index contributed by atoms with van der Waals surface area (Å²) in [6.45, 7) is -1.29. The third-order valence-electron chi connectivity index (χ3n) is 3.58. The molecule has 14 nitrogen and oxygen atoms in total. The van der Waals surface area contributed by atoms with Gasteiger partial charge in [-0.1, -0.05) is 0 Å². The molecule has 0 aromatic rings. The third-order valence-corrected chi connectivity index (χ3v) is 3.58. The summed E-state index contributed by atoms with van der Waals surface area (Å²) in [6, 6.07) is 0. The van der Waals surface area contributed by atoms with E-state index in [-0.39, 0.29) is 6.08 Å². The molecule has 0 amide bonds. The second kappa shape index (κ2) is 8.42. The molecule has 2 heterocycles. The minimum absolute atomic E-state index is 0.269. The monoisotopic (exact) mass is 406 g/mol. The number of aliphatic hydroxyl groups excluding tert-OH is 4. The van der Waals surface area contributed by atoms with Crippen LogP contribution in [0, 0.1) is 0 Å². The first-order valence-electron chi connectivity index (χ1n) is 7.39. The molecule has 28 heavy (non-hydrogen) atoms. The molecule has 154 valence electrons. The zero-order chi connectivity index (χ0) is 21.1. The first kappa shape index (κ1) is 21.4. The zero-order valence-electron chi connectivity index (χ0n) is 13.7. The van der Waals surface area contributed by atoms with Crippen molar-refractivity contribution in [2.24, 2.45) is 0 Å². The van der Waals surface area contributed by atoms with Gasteiger partial charge in [0.1, 0.15) is 24.4 Å². The highest BCUT2D eigenvalue weighted by molar-refractivity contribution is 5.98. The first-order chi connectivity index (χ1) is 13.1. The van der Waals surface area contributed by atoms with Gasteiger partial charge in [0.05, 0.1) is 12.2 Å². The number of aliphatic hydroxyl groups is 5. The Morgan fingerprint density at radius 1 is 0.857 bits per heavy atom. The fraction of sp³-hybridized carbons (Fsp3) is 0.429. The molecule has 1 unspecified atom stereocenters. The Morgan fingerprint density at radius 2 is 1.39 bits per heavy atom. The molecule has 0 saturated carbocycles. The Balaban J connectivity index is 2.40. The summed E-state index contributed by atoms with van der Waals surface area (Å²) in [7, 11) is 0. The summed E-state index contributed by atoms with van der Waals surface area (Å²) in [5.74, 6) is -8.66. The van der Waals surface area contributed by atoms with Gasteiger partial charge in [-0.25, -0.2) is 38.7 Å². The second-order valence-electron chi connectivity index (χ2n) is 5.48. The van der Waals surface area contributed by atoms with Gasteiger partial charge in [0.2, 0.25) is 5.79 Å². The molecule has 0 bridgehead atoms. The summed E-state index contributed by atoms with van der Waals surface area (Å²) < 4.78 is 4.86. The maximum Gasteiger partial charge on any atom is 0.385 e. The van der Waals surface area contributed by atoms with E-state index in [1.54, 1.807) is 0 Å². The number of hydrogen-bond donors (Lipinski definition) is 5. The summed E-state index contributed by atoms with van der Waals surface area (Å²) in [5, 5.41) is 48.8. The number of rotatable bonds is 2. The summed E-state index contributed by atoms with van der Waals surface area (Å²) in [4.78, 5) is 62.6. The molecule has 1 saturated heterocycles. The molecule has 0 aliphatic carbocycles. The highest BCUT2D eigenvalue weighted by Gasteiger charge is 2.54. The Kier molecular flexibility index (Phi) is 6.45. The van der Waals surface area contributed by atoms with Crippen LogP contribution in [0.15, 0.2) is 23.8 Å². The molecule has 5 atom stereocenters. The van der Waals surface area contributed by atoms with Crippen molar-refractivity contribution in [2.75, 3.05) is 6.61 Å². The maximum absolute atomic E-state index is 12.1. The molecule has 1 fully saturated rings. The van der Waals surface area contributed by atoms with Crippen LogP contribution in [-0.4, -0.2) is 86.2 Å². The molecule has 2 rings (SSSR count).